The average Bonchev–Trinajstić information content (AvgIpc) is 1.73. The molecular weight excluding hydrogens is 1530 g/mol. The number of nitrogens with two attached hydrogens (primary N) is 6. The number of aliphatic imine (C=N–C) groups is 2. The van der Waals surface area contributed by atoms with Crippen LogP contribution in [-0.2, 0) is 89.6 Å². The molecule has 4 rings (SSSR count). The minimum Gasteiger partial charge on any atom is -0.508 e. The molecular formula is C76H119N21O20. The van der Waals surface area contributed by atoms with Crippen LogP contribution in [0, 0.1) is 17.8 Å². The van der Waals surface area contributed by atoms with Crippen LogP contribution in [0.2, 0.25) is 0 Å². The Morgan fingerprint density at radius 2 is 0.932 bits per heavy atom. The third-order valence-corrected chi connectivity index (χ3v) is 19.4. The van der Waals surface area contributed by atoms with E-state index in [1.54, 1.807) is 41.5 Å². The van der Waals surface area contributed by atoms with Gasteiger partial charge in [0, 0.05) is 45.3 Å². The molecule has 0 saturated carbocycles. The lowest BCUT2D eigenvalue weighted by molar-refractivity contribution is -0.143. The number of guanidine groups is 2. The predicted octanol–water partition coefficient (Wildman–Crippen LogP) is -4.30. The number of rotatable bonds is 51. The summed E-state index contributed by atoms with van der Waals surface area (Å²) < 4.78 is 0. The van der Waals surface area contributed by atoms with Crippen molar-refractivity contribution in [2.45, 2.75) is 249 Å². The van der Waals surface area contributed by atoms with E-state index in [1.165, 1.54) is 60.4 Å². The van der Waals surface area contributed by atoms with Crippen molar-refractivity contribution >= 4 is 107 Å². The van der Waals surface area contributed by atoms with Gasteiger partial charge in [-0.05, 0) is 150 Å². The van der Waals surface area contributed by atoms with E-state index in [0.29, 0.717) is 17.5 Å². The minimum atomic E-state index is -1.95. The Balaban J connectivity index is 1.62. The number of hydrogen-bond acceptors (Lipinski definition) is 21. The van der Waals surface area contributed by atoms with Crippen molar-refractivity contribution in [1.29, 1.82) is 0 Å². The normalized spacial score (nSPS) is 16.8. The molecule has 0 aliphatic carbocycles. The summed E-state index contributed by atoms with van der Waals surface area (Å²) in [5.74, 6) is -17.3. The maximum atomic E-state index is 15.0. The number of carboxylic acid groups (broad SMARTS) is 2. The fraction of sp³-hybridized carbons (Fsp3) is 0.605. The van der Waals surface area contributed by atoms with Gasteiger partial charge in [0.15, 0.2) is 11.9 Å². The molecule has 0 unspecified atom stereocenters. The van der Waals surface area contributed by atoms with Gasteiger partial charge in [0.1, 0.15) is 90.0 Å². The van der Waals surface area contributed by atoms with Gasteiger partial charge in [0.05, 0.1) is 6.42 Å². The lowest BCUT2D eigenvalue weighted by Crippen LogP contribution is -2.61. The van der Waals surface area contributed by atoms with Crippen LogP contribution >= 0.6 is 0 Å². The number of likely N-dealkylation sites (tertiary alicyclic amines) is 1. The van der Waals surface area contributed by atoms with Gasteiger partial charge < -0.3 is 124 Å². The molecule has 2 heterocycles. The second-order valence-corrected chi connectivity index (χ2v) is 30.1. The Labute approximate surface area is 678 Å². The third-order valence-electron chi connectivity index (χ3n) is 19.4. The summed E-state index contributed by atoms with van der Waals surface area (Å²) in [6.07, 6.45) is -1.90. The summed E-state index contributed by atoms with van der Waals surface area (Å²) in [7, 11) is 0. The Morgan fingerprint density at radius 1 is 0.496 bits per heavy atom. The van der Waals surface area contributed by atoms with Crippen molar-refractivity contribution in [3.63, 3.8) is 0 Å². The Bertz CT molecular complexity index is 3820. The predicted molar refractivity (Wildman–Crippen MR) is 426 cm³/mol. The summed E-state index contributed by atoms with van der Waals surface area (Å²) >= 11 is 0. The molecule has 0 radical (unpaired) electrons. The Kier molecular flexibility index (Phi) is 40.9. The van der Waals surface area contributed by atoms with Crippen LogP contribution in [-0.4, -0.2) is 237 Å². The highest BCUT2D eigenvalue weighted by molar-refractivity contribution is 6.01. The standard InChI is InChI=1S/C76H119N21O20/c1-8-41(6)61(72(114)95-56(74(116)117)35-40(4)5)96-70(112)54(37-44-20-24-46(99)25-21-44)94-71(113)57-17-13-33-97(57)73(115)51(16-12-32-84-76(81)82)90-64(106)48(15-11-31-83-75(79)80)87-62(104)42(7)85-63(105)47(14-9-10-30-77)88-69(111)55(38-58(78)100)93-66(108)50(27-29-60(102)103)89-68(110)53(36-43-18-22-45(98)23-19-43)92-67(109)52(34-39(2)3)91-65(107)49-26-28-59(101)86-49/h18-25,39-42,47-57,61,98-99H,8-17,26-38,77H2,1-7H3,(H2,78,100)(H,85,105)(H,86,101)(H,87,104)(H,88,111)(H,89,110)(H,90,106)(H,91,107)(H,92,109)(H,93,108)(H,94,113)(H,95,114)(H,96,112)(H,102,103)(H,116,117)(H4,79,80,83)(H4,81,82,84)/t41-,42-,47-,48-,49-,50-,51-,52-,53-,54-,55-,56-,57-,61-/m0/s1. The van der Waals surface area contributed by atoms with E-state index < -0.39 is 192 Å². The van der Waals surface area contributed by atoms with Gasteiger partial charge in [0.25, 0.3) is 0 Å². The number of primary amides is 1. The third kappa shape index (κ3) is 34.6. The van der Waals surface area contributed by atoms with E-state index in [9.17, 15) is 92.3 Å². The molecule has 2 aromatic carbocycles. The second-order valence-electron chi connectivity index (χ2n) is 30.1. The highest BCUT2D eigenvalue weighted by Gasteiger charge is 2.42. The summed E-state index contributed by atoms with van der Waals surface area (Å²) in [6.45, 7) is 11.7. The number of phenols is 2. The molecule has 648 valence electrons. The van der Waals surface area contributed by atoms with Crippen LogP contribution < -0.4 is 98.2 Å². The average molecular weight is 1650 g/mol. The number of carboxylic acids is 2. The van der Waals surface area contributed by atoms with Crippen LogP contribution in [0.25, 0.3) is 0 Å². The molecule has 14 atom stereocenters. The Morgan fingerprint density at radius 3 is 1.43 bits per heavy atom. The molecule has 2 aromatic rings. The molecule has 14 amide bonds. The highest BCUT2D eigenvalue weighted by Crippen LogP contribution is 2.23. The summed E-state index contributed by atoms with van der Waals surface area (Å²) in [4.78, 5) is 231. The maximum Gasteiger partial charge on any atom is 0.326 e. The zero-order valence-electron chi connectivity index (χ0n) is 67.2. The van der Waals surface area contributed by atoms with E-state index >= 15 is 4.79 Å². The first-order valence-corrected chi connectivity index (χ1v) is 39.2. The van der Waals surface area contributed by atoms with Crippen molar-refractivity contribution in [1.82, 2.24) is 68.7 Å². The largest absolute Gasteiger partial charge is 0.508 e. The molecule has 28 N–H and O–H groups in total. The SMILES string of the molecule is CC[C@H](C)[C@H](NC(=O)[C@H](Cc1ccc(O)cc1)NC(=O)[C@@H]1CCCN1C(=O)[C@H](CCCN=C(N)N)NC(=O)[C@H](CCCN=C(N)N)NC(=O)[C@H](C)NC(=O)[C@H](CCCCN)NC(=O)[C@H](CC(N)=O)NC(=O)[C@H](CCC(=O)O)NC(=O)[C@H](Cc1ccc(O)cc1)NC(=O)[C@H](CC(C)C)NC(=O)[C@@H]1CCC(=O)N1)C(=O)N[C@@H](CC(C)C)C(=O)O. The monoisotopic (exact) mass is 1650 g/mol. The molecule has 117 heavy (non-hydrogen) atoms. The van der Waals surface area contributed by atoms with Gasteiger partial charge in [-0.25, -0.2) is 4.79 Å². The van der Waals surface area contributed by atoms with Gasteiger partial charge in [0.2, 0.25) is 82.7 Å². The van der Waals surface area contributed by atoms with Gasteiger partial charge in [-0.1, -0.05) is 72.2 Å². The summed E-state index contributed by atoms with van der Waals surface area (Å²) in [5, 5.41) is 70.6. The number of hydrogen-bond donors (Lipinski definition) is 22. The number of aromatic hydroxyl groups is 2. The van der Waals surface area contributed by atoms with Crippen LogP contribution in [0.5, 0.6) is 11.5 Å². The van der Waals surface area contributed by atoms with Crippen LogP contribution in [0.15, 0.2) is 58.5 Å². The van der Waals surface area contributed by atoms with E-state index in [1.807, 2.05) is 0 Å². The van der Waals surface area contributed by atoms with Crippen molar-refractivity contribution in [3.8, 4) is 11.5 Å². The smallest absolute Gasteiger partial charge is 0.326 e. The first-order chi connectivity index (χ1) is 55.2. The number of carbonyl (C=O) groups excluding carboxylic acids is 14. The minimum absolute atomic E-state index is 0.0214. The van der Waals surface area contributed by atoms with E-state index in [2.05, 4.69) is 73.8 Å². The number of nitrogens with one attached hydrogen (secondary N) is 12. The zero-order valence-corrected chi connectivity index (χ0v) is 67.2. The van der Waals surface area contributed by atoms with Crippen molar-refractivity contribution in [3.05, 3.63) is 59.7 Å². The lowest BCUT2D eigenvalue weighted by Gasteiger charge is -2.31. The maximum absolute atomic E-state index is 15.0. The molecule has 41 heteroatoms. The lowest BCUT2D eigenvalue weighted by atomic mass is 9.96. The number of unbranched alkanes of at least 4 members (excludes halogenated alkanes) is 1. The fourth-order valence-electron chi connectivity index (χ4n) is 12.9. The number of amides is 14. The summed E-state index contributed by atoms with van der Waals surface area (Å²) in [5.41, 5.74) is 34.7. The highest BCUT2D eigenvalue weighted by atomic mass is 16.4. The molecule has 0 aromatic heterocycles. The number of carbonyl (C=O) groups is 16. The number of aliphatic carboxylic acids is 2. The number of benzene rings is 2. The first-order valence-electron chi connectivity index (χ1n) is 39.2. The van der Waals surface area contributed by atoms with E-state index in [0.717, 1.165) is 0 Å². The van der Waals surface area contributed by atoms with Crippen LogP contribution in [0.4, 0.5) is 0 Å². The quantitative estimate of drug-likeness (QED) is 0.0169. The second kappa shape index (κ2) is 49.1. The molecule has 2 aliphatic heterocycles. The van der Waals surface area contributed by atoms with Crippen molar-refractivity contribution in [2.75, 3.05) is 26.2 Å². The molecule has 2 saturated heterocycles. The fourth-order valence-corrected chi connectivity index (χ4v) is 12.9. The van der Waals surface area contributed by atoms with Crippen molar-refractivity contribution in [2.24, 2.45) is 62.1 Å². The van der Waals surface area contributed by atoms with Crippen molar-refractivity contribution < 1.29 is 97.1 Å². The molecule has 0 spiro atoms. The van der Waals surface area contributed by atoms with Gasteiger partial charge >= 0.3 is 11.9 Å². The molecule has 0 bridgehead atoms. The molecule has 2 fully saturated rings. The first kappa shape index (κ1) is 97.4. The van der Waals surface area contributed by atoms with E-state index in [-0.39, 0.29) is 164 Å². The molecule has 2 aliphatic rings. The molecule has 41 nitrogen and oxygen atoms in total. The van der Waals surface area contributed by atoms with Gasteiger partial charge in [-0.3, -0.25) is 81.9 Å². The Hall–Kier alpha value is -11.9. The number of phenolic OH excluding ortho intramolecular Hbond substituents is 2. The number of nitrogens with zero attached hydrogens (tertiary/aromatic N) is 3. The van der Waals surface area contributed by atoms with Crippen LogP contribution in [0.1, 0.15) is 169 Å². The zero-order chi connectivity index (χ0) is 87.3. The summed E-state index contributed by atoms with van der Waals surface area (Å²) in [6, 6.07) is -7.81. The topological polar surface area (TPSA) is 682 Å². The van der Waals surface area contributed by atoms with E-state index in [4.69, 9.17) is 34.4 Å². The van der Waals surface area contributed by atoms with Crippen LogP contribution in [0.3, 0.4) is 0 Å². The van der Waals surface area contributed by atoms with Gasteiger partial charge in [-0.2, -0.15) is 0 Å². The van der Waals surface area contributed by atoms with Gasteiger partial charge in [-0.15, -0.1) is 0 Å².